The van der Waals surface area contributed by atoms with E-state index in [9.17, 15) is 9.59 Å². The first-order chi connectivity index (χ1) is 17.1. The van der Waals surface area contributed by atoms with Gasteiger partial charge in [0.1, 0.15) is 16.3 Å². The van der Waals surface area contributed by atoms with Gasteiger partial charge in [-0.3, -0.25) is 4.79 Å². The average molecular weight is 496 g/mol. The van der Waals surface area contributed by atoms with Gasteiger partial charge in [0.05, 0.1) is 38.7 Å². The molecule has 0 saturated carbocycles. The second-order valence-corrected chi connectivity index (χ2v) is 8.82. The molecule has 2 heterocycles. The minimum atomic E-state index is -0.378. The molecule has 4 rings (SSSR count). The summed E-state index contributed by atoms with van der Waals surface area (Å²) in [4.78, 5) is 31.5. The van der Waals surface area contributed by atoms with Crippen LogP contribution in [0.15, 0.2) is 47.5 Å². The van der Waals surface area contributed by atoms with Crippen LogP contribution in [0.3, 0.4) is 0 Å². The van der Waals surface area contributed by atoms with Crippen molar-refractivity contribution in [2.75, 3.05) is 51.4 Å². The lowest BCUT2D eigenvalue weighted by molar-refractivity contribution is -0.133. The molecule has 0 spiro atoms. The Hall–Kier alpha value is -3.43. The van der Waals surface area contributed by atoms with Gasteiger partial charge in [-0.15, -0.1) is 11.3 Å². The number of aliphatic imine (C=N–C) groups is 1. The van der Waals surface area contributed by atoms with Crippen molar-refractivity contribution in [2.24, 2.45) is 4.99 Å². The van der Waals surface area contributed by atoms with Crippen molar-refractivity contribution in [3.8, 4) is 5.75 Å². The third kappa shape index (κ3) is 5.98. The minimum absolute atomic E-state index is 0.0256. The largest absolute Gasteiger partial charge is 0.492 e. The van der Waals surface area contributed by atoms with Gasteiger partial charge in [-0.25, -0.2) is 9.79 Å². The number of hydrogen-bond donors (Lipinski definition) is 1. The number of amides is 1. The molecular formula is C26H29N3O5S. The van der Waals surface area contributed by atoms with Crippen molar-refractivity contribution in [1.82, 2.24) is 4.90 Å². The van der Waals surface area contributed by atoms with Crippen LogP contribution in [0.5, 0.6) is 5.75 Å². The number of nitrogens with one attached hydrogen (secondary N) is 1. The maximum absolute atomic E-state index is 12.6. The summed E-state index contributed by atoms with van der Waals surface area (Å²) in [6, 6.07) is 13.3. The van der Waals surface area contributed by atoms with E-state index in [0.29, 0.717) is 55.8 Å². The van der Waals surface area contributed by atoms with Crippen LogP contribution >= 0.6 is 11.3 Å². The second kappa shape index (κ2) is 11.8. The van der Waals surface area contributed by atoms with E-state index in [1.807, 2.05) is 49.4 Å². The summed E-state index contributed by atoms with van der Waals surface area (Å²) in [6.45, 7) is 7.02. The van der Waals surface area contributed by atoms with Gasteiger partial charge in [0.25, 0.3) is 0 Å². The van der Waals surface area contributed by atoms with E-state index in [0.717, 1.165) is 21.3 Å². The number of morpholine rings is 1. The van der Waals surface area contributed by atoms with E-state index in [-0.39, 0.29) is 18.4 Å². The molecule has 2 aromatic carbocycles. The van der Waals surface area contributed by atoms with Crippen LogP contribution in [0.1, 0.15) is 29.8 Å². The molecule has 1 fully saturated rings. The molecule has 1 saturated heterocycles. The predicted octanol–water partition coefficient (Wildman–Crippen LogP) is 4.50. The lowest BCUT2D eigenvalue weighted by Gasteiger charge is -2.27. The van der Waals surface area contributed by atoms with E-state index < -0.39 is 0 Å². The summed E-state index contributed by atoms with van der Waals surface area (Å²) in [5, 5.41) is 4.63. The second-order valence-electron chi connectivity index (χ2n) is 7.79. The zero-order valence-electron chi connectivity index (χ0n) is 19.9. The zero-order valence-corrected chi connectivity index (χ0v) is 20.7. The van der Waals surface area contributed by atoms with Crippen molar-refractivity contribution in [2.45, 2.75) is 13.8 Å². The van der Waals surface area contributed by atoms with Gasteiger partial charge in [-0.2, -0.15) is 0 Å². The molecule has 0 unspecified atom stereocenters. The van der Waals surface area contributed by atoms with E-state index in [2.05, 4.69) is 10.3 Å². The molecule has 8 nitrogen and oxygen atoms in total. The molecule has 1 aromatic heterocycles. The highest BCUT2D eigenvalue weighted by Crippen LogP contribution is 2.38. The Morgan fingerprint density at radius 2 is 1.94 bits per heavy atom. The number of carbonyl (C=O) groups is 2. The molecule has 1 aliphatic heterocycles. The lowest BCUT2D eigenvalue weighted by Crippen LogP contribution is -2.43. The van der Waals surface area contributed by atoms with E-state index in [1.165, 1.54) is 11.3 Å². The smallest absolute Gasteiger partial charge is 0.341 e. The van der Waals surface area contributed by atoms with Gasteiger partial charge in [0, 0.05) is 29.4 Å². The van der Waals surface area contributed by atoms with Gasteiger partial charge in [-0.1, -0.05) is 24.3 Å². The van der Waals surface area contributed by atoms with Crippen molar-refractivity contribution >= 4 is 50.2 Å². The Morgan fingerprint density at radius 1 is 1.14 bits per heavy atom. The fraction of sp³-hybridized carbons (Fsp3) is 0.346. The Balaban J connectivity index is 1.53. The van der Waals surface area contributed by atoms with Crippen LogP contribution in [0, 0.1) is 0 Å². The number of benzene rings is 2. The molecule has 9 heteroatoms. The molecular weight excluding hydrogens is 466 g/mol. The Morgan fingerprint density at radius 3 is 2.71 bits per heavy atom. The van der Waals surface area contributed by atoms with E-state index in [4.69, 9.17) is 14.2 Å². The summed E-state index contributed by atoms with van der Waals surface area (Å²) < 4.78 is 17.4. The molecule has 1 N–H and O–H groups in total. The van der Waals surface area contributed by atoms with Crippen molar-refractivity contribution < 1.29 is 23.8 Å². The third-order valence-corrected chi connectivity index (χ3v) is 6.57. The number of carbonyl (C=O) groups excluding carboxylic acids is 2. The summed E-state index contributed by atoms with van der Waals surface area (Å²) in [7, 11) is 0. The van der Waals surface area contributed by atoms with Crippen LogP contribution in [0.4, 0.5) is 10.7 Å². The third-order valence-electron chi connectivity index (χ3n) is 5.49. The molecule has 3 aromatic rings. The van der Waals surface area contributed by atoms with Gasteiger partial charge in [0.15, 0.2) is 0 Å². The summed E-state index contributed by atoms with van der Waals surface area (Å²) in [5.74, 6) is 0.280. The maximum Gasteiger partial charge on any atom is 0.341 e. The highest BCUT2D eigenvalue weighted by atomic mass is 32.1. The number of thiophene rings is 1. The monoisotopic (exact) mass is 495 g/mol. The number of nitrogens with zero attached hydrogens (tertiary/aromatic N) is 2. The molecule has 184 valence electrons. The molecule has 35 heavy (non-hydrogen) atoms. The molecule has 0 atom stereocenters. The number of fused-ring (bicyclic) bond motifs is 1. The number of ether oxygens (including phenoxy) is 3. The maximum atomic E-state index is 12.6. The number of rotatable bonds is 9. The van der Waals surface area contributed by atoms with Crippen LogP contribution in [-0.4, -0.2) is 69.1 Å². The highest BCUT2D eigenvalue weighted by Gasteiger charge is 2.20. The molecule has 0 aliphatic carbocycles. The van der Waals surface area contributed by atoms with Gasteiger partial charge < -0.3 is 24.4 Å². The van der Waals surface area contributed by atoms with E-state index >= 15 is 0 Å². The van der Waals surface area contributed by atoms with Crippen LogP contribution in [0.25, 0.3) is 10.1 Å². The highest BCUT2D eigenvalue weighted by molar-refractivity contribution is 7.23. The van der Waals surface area contributed by atoms with E-state index in [1.54, 1.807) is 18.0 Å². The van der Waals surface area contributed by atoms with Crippen molar-refractivity contribution in [1.29, 1.82) is 0 Å². The Bertz CT molecular complexity index is 1220. The molecule has 0 bridgehead atoms. The topological polar surface area (TPSA) is 89.5 Å². The first-order valence-electron chi connectivity index (χ1n) is 11.7. The SMILES string of the molecule is CCOC(=O)c1c(N=Cc2ccc(NCC(=O)N3CCOCC3)c(OCC)c2)sc2ccccc12. The van der Waals surface area contributed by atoms with Crippen molar-refractivity contribution in [3.63, 3.8) is 0 Å². The quantitative estimate of drug-likeness (QED) is 0.347. The average Bonchev–Trinajstić information content (AvgIpc) is 3.26. The van der Waals surface area contributed by atoms with Crippen LogP contribution < -0.4 is 10.1 Å². The fourth-order valence-electron chi connectivity index (χ4n) is 3.79. The van der Waals surface area contributed by atoms with Crippen LogP contribution in [-0.2, 0) is 14.3 Å². The summed E-state index contributed by atoms with van der Waals surface area (Å²) in [6.07, 6.45) is 1.71. The molecule has 0 radical (unpaired) electrons. The van der Waals surface area contributed by atoms with Gasteiger partial charge >= 0.3 is 5.97 Å². The van der Waals surface area contributed by atoms with Crippen molar-refractivity contribution in [3.05, 3.63) is 53.6 Å². The fourth-order valence-corrected chi connectivity index (χ4v) is 4.83. The summed E-state index contributed by atoms with van der Waals surface area (Å²) in [5.41, 5.74) is 2.03. The first kappa shape index (κ1) is 24.7. The Kier molecular flexibility index (Phi) is 8.33. The molecule has 1 aliphatic rings. The number of hydrogen-bond acceptors (Lipinski definition) is 8. The number of esters is 1. The summed E-state index contributed by atoms with van der Waals surface area (Å²) >= 11 is 1.45. The van der Waals surface area contributed by atoms with Crippen LogP contribution in [0.2, 0.25) is 0 Å². The van der Waals surface area contributed by atoms with Gasteiger partial charge in [0.2, 0.25) is 5.91 Å². The minimum Gasteiger partial charge on any atom is -0.492 e. The predicted molar refractivity (Wildman–Crippen MR) is 139 cm³/mol. The normalized spacial score (nSPS) is 13.8. The van der Waals surface area contributed by atoms with Gasteiger partial charge in [-0.05, 0) is 37.6 Å². The zero-order chi connectivity index (χ0) is 24.6. The standard InChI is InChI=1S/C26H29N3O5S/c1-3-33-21-15-18(9-10-20(21)27-17-23(30)29-11-13-32-14-12-29)16-28-25-24(26(31)34-4-2)19-7-5-6-8-22(19)35-25/h5-10,15-16,27H,3-4,11-14,17H2,1-2H3. The first-order valence-corrected chi connectivity index (χ1v) is 12.5. The molecule has 1 amide bonds. The Labute approximate surface area is 208 Å². The lowest BCUT2D eigenvalue weighted by atomic mass is 10.1. The number of anilines is 1.